The van der Waals surface area contributed by atoms with E-state index in [-0.39, 0.29) is 11.5 Å². The fraction of sp³-hybridized carbons (Fsp3) is 0.870. The van der Waals surface area contributed by atoms with Crippen LogP contribution in [0.15, 0.2) is 11.6 Å². The molecular formula is C23H39NO3. The van der Waals surface area contributed by atoms with Crippen molar-refractivity contribution in [1.82, 2.24) is 5.32 Å². The van der Waals surface area contributed by atoms with Gasteiger partial charge in [-0.25, -0.2) is 4.79 Å². The van der Waals surface area contributed by atoms with Gasteiger partial charge in [0.25, 0.3) is 0 Å². The molecule has 1 saturated carbocycles. The molecular weight excluding hydrogens is 338 g/mol. The van der Waals surface area contributed by atoms with Gasteiger partial charge in [-0.15, -0.1) is 0 Å². The number of hydrogen-bond acceptors (Lipinski definition) is 3. The standard InChI is InChI=1S/C23H39NO3/c1-5-6-12-20-21-16(2)13-17(3)23(14-26-20,18(21)4)15-27-22(25)24-19-10-8-7-9-11-19/h13,17-21H,5-12,14-15H2,1-4H3,(H,24,25)/t17-,18+,20+,21-,23+/m0/s1. The number of rotatable bonds is 6. The van der Waals surface area contributed by atoms with Crippen LogP contribution in [-0.2, 0) is 9.47 Å². The molecule has 1 aliphatic heterocycles. The SMILES string of the molecule is CCCC[C@H]1OC[C@]2(COC(=O)NC3CCCCC3)[C@H](C)[C@@H]1C(C)=C[C@@H]2C. The van der Waals surface area contributed by atoms with Crippen molar-refractivity contribution in [2.45, 2.75) is 91.2 Å². The Labute approximate surface area is 165 Å². The fourth-order valence-electron chi connectivity index (χ4n) is 5.71. The summed E-state index contributed by atoms with van der Waals surface area (Å²) in [5.41, 5.74) is 1.36. The zero-order valence-electron chi connectivity index (χ0n) is 17.8. The summed E-state index contributed by atoms with van der Waals surface area (Å²) in [4.78, 5) is 12.4. The second kappa shape index (κ2) is 8.98. The Morgan fingerprint density at radius 2 is 2.04 bits per heavy atom. The first-order valence-electron chi connectivity index (χ1n) is 11.2. The molecule has 5 atom stereocenters. The van der Waals surface area contributed by atoms with Gasteiger partial charge in [0.1, 0.15) is 6.61 Å². The number of unbranched alkanes of at least 4 members (excludes halogenated alkanes) is 1. The van der Waals surface area contributed by atoms with E-state index in [0.29, 0.717) is 43.1 Å². The monoisotopic (exact) mass is 377 g/mol. The van der Waals surface area contributed by atoms with Crippen molar-refractivity contribution in [1.29, 1.82) is 0 Å². The van der Waals surface area contributed by atoms with Crippen LogP contribution in [0.1, 0.15) is 79.1 Å². The van der Waals surface area contributed by atoms with Gasteiger partial charge in [0.2, 0.25) is 0 Å². The van der Waals surface area contributed by atoms with Crippen LogP contribution in [0.2, 0.25) is 0 Å². The first-order chi connectivity index (χ1) is 13.0. The summed E-state index contributed by atoms with van der Waals surface area (Å²) >= 11 is 0. The maximum absolute atomic E-state index is 12.4. The first kappa shape index (κ1) is 20.7. The molecule has 2 fully saturated rings. The Balaban J connectivity index is 1.64. The number of ether oxygens (including phenoxy) is 2. The second-order valence-corrected chi connectivity index (χ2v) is 9.29. The zero-order valence-corrected chi connectivity index (χ0v) is 17.8. The third-order valence-electron chi connectivity index (χ3n) is 7.60. The van der Waals surface area contributed by atoms with Crippen molar-refractivity contribution in [3.63, 3.8) is 0 Å². The highest BCUT2D eigenvalue weighted by Gasteiger charge is 2.53. The molecule has 0 aromatic heterocycles. The number of carbonyl (C=O) groups is 1. The first-order valence-corrected chi connectivity index (χ1v) is 11.2. The van der Waals surface area contributed by atoms with Gasteiger partial charge in [-0.2, -0.15) is 0 Å². The summed E-state index contributed by atoms with van der Waals surface area (Å²) in [5, 5.41) is 3.09. The molecule has 154 valence electrons. The van der Waals surface area contributed by atoms with E-state index in [1.165, 1.54) is 37.7 Å². The van der Waals surface area contributed by atoms with E-state index in [1.54, 1.807) is 0 Å². The molecule has 3 rings (SSSR count). The van der Waals surface area contributed by atoms with E-state index in [1.807, 2.05) is 0 Å². The number of nitrogens with one attached hydrogen (secondary N) is 1. The van der Waals surface area contributed by atoms with Crippen molar-refractivity contribution < 1.29 is 14.3 Å². The number of hydrogen-bond donors (Lipinski definition) is 1. The second-order valence-electron chi connectivity index (χ2n) is 9.29. The third kappa shape index (κ3) is 4.36. The highest BCUT2D eigenvalue weighted by Crippen LogP contribution is 2.53. The summed E-state index contributed by atoms with van der Waals surface area (Å²) in [6.45, 7) is 10.2. The van der Waals surface area contributed by atoms with Gasteiger partial charge in [-0.3, -0.25) is 0 Å². The molecule has 1 amide bonds. The molecule has 0 unspecified atom stereocenters. The zero-order chi connectivity index (χ0) is 19.4. The maximum Gasteiger partial charge on any atom is 0.407 e. The average molecular weight is 378 g/mol. The summed E-state index contributed by atoms with van der Waals surface area (Å²) in [7, 11) is 0. The van der Waals surface area contributed by atoms with Crippen LogP contribution in [0.5, 0.6) is 0 Å². The quantitative estimate of drug-likeness (QED) is 0.624. The minimum absolute atomic E-state index is 0.100. The molecule has 0 spiro atoms. The predicted molar refractivity (Wildman–Crippen MR) is 109 cm³/mol. The van der Waals surface area contributed by atoms with Gasteiger partial charge in [0, 0.05) is 17.4 Å². The maximum atomic E-state index is 12.4. The average Bonchev–Trinajstić information content (AvgIpc) is 2.65. The van der Waals surface area contributed by atoms with E-state index >= 15 is 0 Å². The number of amides is 1. The molecule has 1 heterocycles. The van der Waals surface area contributed by atoms with Gasteiger partial charge in [-0.1, -0.05) is 64.5 Å². The molecule has 3 aliphatic rings. The van der Waals surface area contributed by atoms with E-state index in [9.17, 15) is 4.79 Å². The molecule has 4 nitrogen and oxygen atoms in total. The molecule has 0 aromatic rings. The highest BCUT2D eigenvalue weighted by molar-refractivity contribution is 5.67. The van der Waals surface area contributed by atoms with Crippen molar-refractivity contribution >= 4 is 6.09 Å². The van der Waals surface area contributed by atoms with Gasteiger partial charge < -0.3 is 14.8 Å². The molecule has 2 bridgehead atoms. The van der Waals surface area contributed by atoms with Crippen LogP contribution in [0.25, 0.3) is 0 Å². The third-order valence-corrected chi connectivity index (χ3v) is 7.60. The van der Waals surface area contributed by atoms with Crippen LogP contribution >= 0.6 is 0 Å². The van der Waals surface area contributed by atoms with Gasteiger partial charge in [-0.05, 0) is 38.0 Å². The lowest BCUT2D eigenvalue weighted by atomic mass is 9.56. The Kier molecular flexibility index (Phi) is 6.88. The van der Waals surface area contributed by atoms with Crippen LogP contribution in [0.4, 0.5) is 4.79 Å². The summed E-state index contributed by atoms with van der Waals surface area (Å²) in [5.74, 6) is 1.28. The lowest BCUT2D eigenvalue weighted by Gasteiger charge is -2.55. The molecule has 4 heteroatoms. The largest absolute Gasteiger partial charge is 0.449 e. The number of alkyl carbamates (subject to hydrolysis) is 1. The molecule has 0 aromatic carbocycles. The predicted octanol–water partition coefficient (Wildman–Crippen LogP) is 5.47. The molecule has 1 saturated heterocycles. The lowest BCUT2D eigenvalue weighted by Crippen LogP contribution is -2.57. The highest BCUT2D eigenvalue weighted by atomic mass is 16.6. The van der Waals surface area contributed by atoms with E-state index in [4.69, 9.17) is 9.47 Å². The number of fused-ring (bicyclic) bond motifs is 2. The van der Waals surface area contributed by atoms with E-state index in [0.717, 1.165) is 19.3 Å². The lowest BCUT2D eigenvalue weighted by molar-refractivity contribution is -0.165. The Morgan fingerprint density at radius 1 is 1.30 bits per heavy atom. The summed E-state index contributed by atoms with van der Waals surface area (Å²) in [6, 6.07) is 0.292. The fourth-order valence-corrected chi connectivity index (χ4v) is 5.71. The van der Waals surface area contributed by atoms with Crippen molar-refractivity contribution in [2.24, 2.45) is 23.2 Å². The summed E-state index contributed by atoms with van der Waals surface area (Å²) < 4.78 is 12.2. The molecule has 0 radical (unpaired) electrons. The smallest absolute Gasteiger partial charge is 0.407 e. The van der Waals surface area contributed by atoms with Crippen LogP contribution in [0.3, 0.4) is 0 Å². The molecule has 27 heavy (non-hydrogen) atoms. The Bertz CT molecular complexity index is 540. The van der Waals surface area contributed by atoms with Crippen LogP contribution in [0, 0.1) is 23.2 Å². The van der Waals surface area contributed by atoms with Gasteiger partial charge in [0.05, 0.1) is 12.7 Å². The number of allylic oxidation sites excluding steroid dienone is 1. The van der Waals surface area contributed by atoms with Crippen LogP contribution < -0.4 is 5.32 Å². The molecule has 1 N–H and O–H groups in total. The van der Waals surface area contributed by atoms with Gasteiger partial charge >= 0.3 is 6.09 Å². The van der Waals surface area contributed by atoms with Crippen molar-refractivity contribution in [3.05, 3.63) is 11.6 Å². The normalized spacial score (nSPS) is 36.8. The van der Waals surface area contributed by atoms with Crippen molar-refractivity contribution in [3.8, 4) is 0 Å². The topological polar surface area (TPSA) is 47.6 Å². The molecule has 2 aliphatic carbocycles. The van der Waals surface area contributed by atoms with E-state index in [2.05, 4.69) is 39.1 Å². The Hall–Kier alpha value is -1.03. The van der Waals surface area contributed by atoms with Crippen molar-refractivity contribution in [2.75, 3.05) is 13.2 Å². The summed E-state index contributed by atoms with van der Waals surface area (Å²) in [6.07, 6.45) is 11.9. The minimum atomic E-state index is -0.244. The van der Waals surface area contributed by atoms with E-state index < -0.39 is 0 Å². The van der Waals surface area contributed by atoms with Gasteiger partial charge in [0.15, 0.2) is 0 Å². The van der Waals surface area contributed by atoms with Crippen LogP contribution in [-0.4, -0.2) is 31.5 Å². The number of carbonyl (C=O) groups excluding carboxylic acids is 1. The minimum Gasteiger partial charge on any atom is -0.449 e. The Morgan fingerprint density at radius 3 is 2.74 bits per heavy atom.